The normalized spacial score (nSPS) is 22.7. The number of rotatable bonds is 5. The molecule has 26 heavy (non-hydrogen) atoms. The van der Waals surface area contributed by atoms with Gasteiger partial charge in [-0.25, -0.2) is 0 Å². The molecule has 0 aromatic heterocycles. The molecule has 2 fully saturated rings. The van der Waals surface area contributed by atoms with Gasteiger partial charge in [-0.3, -0.25) is 0 Å². The Kier molecular flexibility index (Phi) is 5.88. The summed E-state index contributed by atoms with van der Waals surface area (Å²) in [4.78, 5) is 0. The van der Waals surface area contributed by atoms with Crippen molar-refractivity contribution in [1.29, 1.82) is 0 Å². The monoisotopic (exact) mass is 351 g/mol. The molecule has 1 aliphatic carbocycles. The first-order valence-electron chi connectivity index (χ1n) is 10.0. The molecule has 2 aromatic rings. The Morgan fingerprint density at radius 2 is 1.69 bits per heavy atom. The van der Waals surface area contributed by atoms with Gasteiger partial charge in [0.2, 0.25) is 0 Å². The van der Waals surface area contributed by atoms with Crippen LogP contribution in [-0.2, 0) is 4.74 Å². The Morgan fingerprint density at radius 3 is 2.46 bits per heavy atom. The highest BCUT2D eigenvalue weighted by Crippen LogP contribution is 2.39. The van der Waals surface area contributed by atoms with Crippen molar-refractivity contribution in [2.24, 2.45) is 0 Å². The van der Waals surface area contributed by atoms with Crippen LogP contribution in [0.1, 0.15) is 55.3 Å². The van der Waals surface area contributed by atoms with E-state index in [-0.39, 0.29) is 12.2 Å². The van der Waals surface area contributed by atoms with E-state index in [0.717, 1.165) is 25.4 Å². The van der Waals surface area contributed by atoms with Crippen molar-refractivity contribution in [1.82, 2.24) is 5.32 Å². The van der Waals surface area contributed by atoms with E-state index in [0.29, 0.717) is 5.92 Å². The molecule has 0 spiro atoms. The SMILES string of the molecule is c1ccc(C(Oc2ccccc2C2CCCCC2)[C@@H]2CNCCO2)cc1. The zero-order valence-electron chi connectivity index (χ0n) is 15.4. The molecule has 3 nitrogen and oxygen atoms in total. The first kappa shape index (κ1) is 17.6. The van der Waals surface area contributed by atoms with Gasteiger partial charge in [0.25, 0.3) is 0 Å². The maximum atomic E-state index is 6.66. The van der Waals surface area contributed by atoms with Crippen LogP contribution in [0.25, 0.3) is 0 Å². The van der Waals surface area contributed by atoms with E-state index in [2.05, 4.69) is 59.9 Å². The summed E-state index contributed by atoms with van der Waals surface area (Å²) in [5.41, 5.74) is 2.55. The third kappa shape index (κ3) is 4.11. The molecule has 1 saturated carbocycles. The predicted octanol–water partition coefficient (Wildman–Crippen LogP) is 4.84. The van der Waals surface area contributed by atoms with Gasteiger partial charge in [0.1, 0.15) is 11.9 Å². The number of ether oxygens (including phenoxy) is 2. The van der Waals surface area contributed by atoms with Gasteiger partial charge in [0, 0.05) is 13.1 Å². The van der Waals surface area contributed by atoms with E-state index in [1.54, 1.807) is 0 Å². The molecule has 4 rings (SSSR count). The molecule has 1 aliphatic heterocycles. The molecule has 2 aromatic carbocycles. The summed E-state index contributed by atoms with van der Waals surface area (Å²) in [6, 6.07) is 19.1. The van der Waals surface area contributed by atoms with Crippen LogP contribution in [0, 0.1) is 0 Å². The highest BCUT2D eigenvalue weighted by Gasteiger charge is 2.29. The van der Waals surface area contributed by atoms with Crippen molar-refractivity contribution >= 4 is 0 Å². The molecule has 2 aliphatic rings. The first-order valence-corrected chi connectivity index (χ1v) is 10.0. The fourth-order valence-electron chi connectivity index (χ4n) is 4.26. The van der Waals surface area contributed by atoms with Gasteiger partial charge >= 0.3 is 0 Å². The molecule has 0 amide bonds. The molecule has 3 heteroatoms. The lowest BCUT2D eigenvalue weighted by Gasteiger charge is -2.33. The summed E-state index contributed by atoms with van der Waals surface area (Å²) < 4.78 is 12.7. The minimum Gasteiger partial charge on any atom is -0.483 e. The fourth-order valence-corrected chi connectivity index (χ4v) is 4.26. The van der Waals surface area contributed by atoms with E-state index in [1.807, 2.05) is 0 Å². The lowest BCUT2D eigenvalue weighted by atomic mass is 9.83. The Morgan fingerprint density at radius 1 is 0.923 bits per heavy atom. The van der Waals surface area contributed by atoms with E-state index in [9.17, 15) is 0 Å². The maximum Gasteiger partial charge on any atom is 0.151 e. The summed E-state index contributed by atoms with van der Waals surface area (Å²) in [6.45, 7) is 2.48. The fraction of sp³-hybridized carbons (Fsp3) is 0.478. The van der Waals surface area contributed by atoms with E-state index < -0.39 is 0 Å². The van der Waals surface area contributed by atoms with Crippen LogP contribution in [0.5, 0.6) is 5.75 Å². The smallest absolute Gasteiger partial charge is 0.151 e. The van der Waals surface area contributed by atoms with Gasteiger partial charge in [0.05, 0.1) is 6.61 Å². The van der Waals surface area contributed by atoms with Crippen LogP contribution in [0.3, 0.4) is 0 Å². The van der Waals surface area contributed by atoms with Crippen molar-refractivity contribution < 1.29 is 9.47 Å². The van der Waals surface area contributed by atoms with E-state index in [1.165, 1.54) is 43.2 Å². The summed E-state index contributed by atoms with van der Waals surface area (Å²) in [7, 11) is 0. The second-order valence-corrected chi connectivity index (χ2v) is 7.44. The molecule has 1 heterocycles. The molecule has 2 atom stereocenters. The van der Waals surface area contributed by atoms with Gasteiger partial charge in [-0.1, -0.05) is 67.8 Å². The zero-order valence-corrected chi connectivity index (χ0v) is 15.4. The lowest BCUT2D eigenvalue weighted by molar-refractivity contribution is -0.0436. The highest BCUT2D eigenvalue weighted by molar-refractivity contribution is 5.37. The summed E-state index contributed by atoms with van der Waals surface area (Å²) in [6.07, 6.45) is 6.52. The van der Waals surface area contributed by atoms with E-state index in [4.69, 9.17) is 9.47 Å². The number of hydrogen-bond acceptors (Lipinski definition) is 3. The molecule has 1 N–H and O–H groups in total. The van der Waals surface area contributed by atoms with E-state index >= 15 is 0 Å². The van der Waals surface area contributed by atoms with Crippen molar-refractivity contribution in [3.63, 3.8) is 0 Å². The topological polar surface area (TPSA) is 30.5 Å². The van der Waals surface area contributed by atoms with Gasteiger partial charge in [-0.2, -0.15) is 0 Å². The third-order valence-corrected chi connectivity index (χ3v) is 5.64. The van der Waals surface area contributed by atoms with Crippen LogP contribution >= 0.6 is 0 Å². The van der Waals surface area contributed by atoms with Gasteiger partial charge in [0.15, 0.2) is 6.10 Å². The number of benzene rings is 2. The standard InChI is InChI=1S/C23H29NO2/c1-3-9-18(10-4-1)20-13-7-8-14-21(20)26-23(19-11-5-2-6-12-19)22-17-24-15-16-25-22/h2,5-8,11-14,18,22-24H,1,3-4,9-10,15-17H2/t22-,23?/m0/s1. The van der Waals surface area contributed by atoms with Crippen LogP contribution in [0.2, 0.25) is 0 Å². The van der Waals surface area contributed by atoms with Crippen molar-refractivity contribution in [3.05, 3.63) is 65.7 Å². The van der Waals surface area contributed by atoms with Crippen LogP contribution in [0.15, 0.2) is 54.6 Å². The molecular formula is C23H29NO2. The first-order chi connectivity index (χ1) is 12.9. The number of nitrogens with one attached hydrogen (secondary N) is 1. The van der Waals surface area contributed by atoms with Gasteiger partial charge in [-0.15, -0.1) is 0 Å². The average Bonchev–Trinajstić information content (AvgIpc) is 2.74. The minimum atomic E-state index is -0.0891. The van der Waals surface area contributed by atoms with Crippen LogP contribution in [0.4, 0.5) is 0 Å². The quantitative estimate of drug-likeness (QED) is 0.836. The number of morpholine rings is 1. The second kappa shape index (κ2) is 8.70. The number of para-hydroxylation sites is 1. The van der Waals surface area contributed by atoms with Crippen molar-refractivity contribution in [2.45, 2.75) is 50.2 Å². The average molecular weight is 351 g/mol. The zero-order chi connectivity index (χ0) is 17.6. The second-order valence-electron chi connectivity index (χ2n) is 7.44. The molecule has 1 unspecified atom stereocenters. The molecule has 1 saturated heterocycles. The van der Waals surface area contributed by atoms with Crippen molar-refractivity contribution in [2.75, 3.05) is 19.7 Å². The molecule has 0 bridgehead atoms. The molecule has 138 valence electrons. The van der Waals surface area contributed by atoms with Crippen LogP contribution in [-0.4, -0.2) is 25.8 Å². The predicted molar refractivity (Wildman–Crippen MR) is 105 cm³/mol. The summed E-state index contributed by atoms with van der Waals surface area (Å²) in [5.74, 6) is 1.66. The summed E-state index contributed by atoms with van der Waals surface area (Å²) >= 11 is 0. The minimum absolute atomic E-state index is 0.0329. The van der Waals surface area contributed by atoms with Crippen molar-refractivity contribution in [3.8, 4) is 5.75 Å². The van der Waals surface area contributed by atoms with Gasteiger partial charge < -0.3 is 14.8 Å². The Balaban J connectivity index is 1.61. The highest BCUT2D eigenvalue weighted by atomic mass is 16.5. The molecule has 0 radical (unpaired) electrons. The Labute approximate surface area is 156 Å². The number of hydrogen-bond donors (Lipinski definition) is 1. The van der Waals surface area contributed by atoms with Gasteiger partial charge in [-0.05, 0) is 36.0 Å². The Bertz CT molecular complexity index is 676. The maximum absolute atomic E-state index is 6.66. The largest absolute Gasteiger partial charge is 0.483 e. The lowest BCUT2D eigenvalue weighted by Crippen LogP contribution is -2.43. The third-order valence-electron chi connectivity index (χ3n) is 5.64. The Hall–Kier alpha value is -1.84. The summed E-state index contributed by atoms with van der Waals surface area (Å²) in [5, 5.41) is 3.44. The van der Waals surface area contributed by atoms with Crippen LogP contribution < -0.4 is 10.1 Å². The molecular weight excluding hydrogens is 322 g/mol.